The fourth-order valence-corrected chi connectivity index (χ4v) is 8.32. The SMILES string of the molecule is [2H]C([2H])([2H])c1ccc2c(n1)sc1c(-c3cc(C(C)C)[c]([Ge]([CH3])([CH3])[CH3])cn3)cccc12. The van der Waals surface area contributed by atoms with Gasteiger partial charge in [-0.3, -0.25) is 0 Å². The monoisotopic (exact) mass is 439 g/mol. The summed E-state index contributed by atoms with van der Waals surface area (Å²) in [6, 6.07) is 12.0. The van der Waals surface area contributed by atoms with Gasteiger partial charge in [0.1, 0.15) is 0 Å². The van der Waals surface area contributed by atoms with Crippen molar-refractivity contribution in [2.75, 3.05) is 0 Å². The quantitative estimate of drug-likeness (QED) is 0.342. The number of rotatable bonds is 3. The summed E-state index contributed by atoms with van der Waals surface area (Å²) in [7, 11) is 0. The third kappa shape index (κ3) is 3.32. The topological polar surface area (TPSA) is 25.8 Å². The van der Waals surface area contributed by atoms with Gasteiger partial charge in [-0.05, 0) is 0 Å². The number of fused-ring (bicyclic) bond motifs is 3. The summed E-state index contributed by atoms with van der Waals surface area (Å²) < 4.78 is 25.6. The van der Waals surface area contributed by atoms with Gasteiger partial charge in [0.15, 0.2) is 0 Å². The first kappa shape index (κ1) is 15.2. The molecule has 27 heavy (non-hydrogen) atoms. The molecule has 4 heteroatoms. The number of aryl methyl sites for hydroxylation is 1. The summed E-state index contributed by atoms with van der Waals surface area (Å²) in [4.78, 5) is 10.1. The molecule has 0 radical (unpaired) electrons. The van der Waals surface area contributed by atoms with E-state index in [2.05, 4.69) is 60.5 Å². The van der Waals surface area contributed by atoms with Gasteiger partial charge < -0.3 is 0 Å². The fraction of sp³-hybridized carbons (Fsp3) is 0.304. The van der Waals surface area contributed by atoms with Crippen LogP contribution in [0.5, 0.6) is 0 Å². The van der Waals surface area contributed by atoms with E-state index in [9.17, 15) is 0 Å². The molecule has 0 amide bonds. The first-order chi connectivity index (χ1) is 14.0. The summed E-state index contributed by atoms with van der Waals surface area (Å²) in [5, 5.41) is 2.10. The van der Waals surface area contributed by atoms with Gasteiger partial charge in [0.05, 0.1) is 0 Å². The van der Waals surface area contributed by atoms with E-state index < -0.39 is 20.1 Å². The van der Waals surface area contributed by atoms with Gasteiger partial charge in [-0.1, -0.05) is 0 Å². The molecule has 0 fully saturated rings. The van der Waals surface area contributed by atoms with Gasteiger partial charge in [0, 0.05) is 0 Å². The zero-order chi connectivity index (χ0) is 21.8. The standard InChI is InChI=1S/C23H26GeN2S/c1-14(2)19-12-21(25-13-20(19)24(4,5)6)18-9-7-8-16-17-11-10-15(3)26-23(17)27-22(16)18/h7-14H,1-6H3/i3D3. The van der Waals surface area contributed by atoms with Gasteiger partial charge in [0.25, 0.3) is 0 Å². The van der Waals surface area contributed by atoms with Crippen LogP contribution in [0.3, 0.4) is 0 Å². The maximum absolute atomic E-state index is 7.66. The Labute approximate surface area is 172 Å². The molecule has 0 atom stereocenters. The van der Waals surface area contributed by atoms with Crippen LogP contribution in [0.4, 0.5) is 0 Å². The summed E-state index contributed by atoms with van der Waals surface area (Å²) in [5.41, 5.74) is 3.60. The Hall–Kier alpha value is -1.72. The molecule has 0 N–H and O–H groups in total. The van der Waals surface area contributed by atoms with E-state index in [0.717, 1.165) is 31.6 Å². The van der Waals surface area contributed by atoms with Gasteiger partial charge >= 0.3 is 172 Å². The molecule has 3 aromatic heterocycles. The molecule has 0 aliphatic carbocycles. The van der Waals surface area contributed by atoms with E-state index in [4.69, 9.17) is 9.10 Å². The van der Waals surface area contributed by atoms with Crippen LogP contribution < -0.4 is 4.40 Å². The minimum absolute atomic E-state index is 0.143. The predicted molar refractivity (Wildman–Crippen MR) is 122 cm³/mol. The second kappa shape index (κ2) is 6.71. The fourth-order valence-electron chi connectivity index (χ4n) is 3.60. The molecule has 0 aliphatic heterocycles. The summed E-state index contributed by atoms with van der Waals surface area (Å²) in [5.74, 6) is 7.66. The molecule has 4 rings (SSSR count). The predicted octanol–water partition coefficient (Wildman–Crippen LogP) is 6.49. The number of benzene rings is 1. The Morgan fingerprint density at radius 2 is 1.89 bits per heavy atom. The van der Waals surface area contributed by atoms with Gasteiger partial charge in [-0.2, -0.15) is 0 Å². The molecule has 2 nitrogen and oxygen atoms in total. The van der Waals surface area contributed by atoms with Crippen molar-refractivity contribution >= 4 is 49.3 Å². The van der Waals surface area contributed by atoms with Gasteiger partial charge in [0.2, 0.25) is 0 Å². The summed E-state index contributed by atoms with van der Waals surface area (Å²) >= 11 is -0.477. The maximum atomic E-state index is 7.66. The molecule has 4 aromatic rings. The zero-order valence-electron chi connectivity index (χ0n) is 19.4. The molecule has 0 unspecified atom stereocenters. The number of thiophene rings is 1. The third-order valence-electron chi connectivity index (χ3n) is 5.01. The molecular formula is C23H26GeN2S. The number of nitrogens with zero attached hydrogens (tertiary/aromatic N) is 2. The van der Waals surface area contributed by atoms with Crippen LogP contribution in [0.15, 0.2) is 42.6 Å². The van der Waals surface area contributed by atoms with Crippen molar-refractivity contribution in [1.82, 2.24) is 9.97 Å². The van der Waals surface area contributed by atoms with Crippen molar-refractivity contribution in [2.45, 2.75) is 43.9 Å². The summed E-state index contributed by atoms with van der Waals surface area (Å²) in [6.07, 6.45) is 2.10. The molecule has 0 saturated carbocycles. The van der Waals surface area contributed by atoms with Crippen molar-refractivity contribution in [2.24, 2.45) is 0 Å². The van der Waals surface area contributed by atoms with E-state index in [1.54, 1.807) is 17.4 Å². The van der Waals surface area contributed by atoms with Crippen LogP contribution in [-0.4, -0.2) is 23.2 Å². The van der Waals surface area contributed by atoms with Crippen molar-refractivity contribution in [3.63, 3.8) is 0 Å². The summed E-state index contributed by atoms with van der Waals surface area (Å²) in [6.45, 7) is 2.29. The third-order valence-corrected chi connectivity index (χ3v) is 10.4. The number of hydrogen-bond acceptors (Lipinski definition) is 3. The Morgan fingerprint density at radius 3 is 2.59 bits per heavy atom. The molecule has 0 bridgehead atoms. The van der Waals surface area contributed by atoms with Crippen molar-refractivity contribution < 1.29 is 4.11 Å². The number of hydrogen-bond donors (Lipinski definition) is 0. The number of aromatic nitrogens is 2. The van der Waals surface area contributed by atoms with E-state index in [0.29, 0.717) is 5.92 Å². The van der Waals surface area contributed by atoms with Gasteiger partial charge in [-0.25, -0.2) is 0 Å². The zero-order valence-corrected chi connectivity index (χ0v) is 19.3. The second-order valence-corrected chi connectivity index (χ2v) is 20.0. The van der Waals surface area contributed by atoms with Crippen LogP contribution in [0, 0.1) is 6.85 Å². The molecule has 3 heterocycles. The Morgan fingerprint density at radius 1 is 1.07 bits per heavy atom. The normalized spacial score (nSPS) is 14.5. The minimum atomic E-state index is -2.20. The van der Waals surface area contributed by atoms with Crippen LogP contribution in [0.25, 0.3) is 31.6 Å². The first-order valence-electron chi connectivity index (χ1n) is 10.8. The average Bonchev–Trinajstić information content (AvgIpc) is 3.04. The van der Waals surface area contributed by atoms with Crippen molar-refractivity contribution in [3.05, 3.63) is 53.9 Å². The molecule has 1 aromatic carbocycles. The Kier molecular flexibility index (Phi) is 3.79. The molecule has 0 spiro atoms. The van der Waals surface area contributed by atoms with E-state index >= 15 is 0 Å². The Bertz CT molecular complexity index is 1250. The van der Waals surface area contributed by atoms with Crippen LogP contribution in [-0.2, 0) is 0 Å². The van der Waals surface area contributed by atoms with E-state index in [-0.39, 0.29) is 5.69 Å². The molecule has 138 valence electrons. The average molecular weight is 438 g/mol. The van der Waals surface area contributed by atoms with E-state index in [1.165, 1.54) is 9.96 Å². The van der Waals surface area contributed by atoms with Crippen LogP contribution in [0.1, 0.15) is 35.1 Å². The number of pyridine rings is 2. The second-order valence-electron chi connectivity index (χ2n) is 8.40. The molecule has 0 saturated heterocycles. The molecule has 0 aliphatic rings. The van der Waals surface area contributed by atoms with Crippen LogP contribution in [0.2, 0.25) is 17.3 Å². The Balaban J connectivity index is 1.94. The van der Waals surface area contributed by atoms with Crippen LogP contribution >= 0.6 is 11.3 Å². The molecular weight excluding hydrogens is 409 g/mol. The van der Waals surface area contributed by atoms with Crippen molar-refractivity contribution in [3.8, 4) is 11.3 Å². The van der Waals surface area contributed by atoms with E-state index in [1.807, 2.05) is 12.1 Å². The first-order valence-corrected chi connectivity index (χ1v) is 17.5. The van der Waals surface area contributed by atoms with Crippen molar-refractivity contribution in [1.29, 1.82) is 0 Å². The van der Waals surface area contributed by atoms with Gasteiger partial charge in [-0.15, -0.1) is 0 Å².